The van der Waals surface area contributed by atoms with E-state index >= 15 is 0 Å². The molecule has 6 atom stereocenters. The van der Waals surface area contributed by atoms with E-state index in [1.165, 1.54) is 19.3 Å². The van der Waals surface area contributed by atoms with Crippen molar-refractivity contribution in [3.63, 3.8) is 0 Å². The summed E-state index contributed by atoms with van der Waals surface area (Å²) in [5.74, 6) is 3.00. The number of ether oxygens (including phenoxy) is 1. The number of fused-ring (bicyclic) bond motifs is 3. The average molecular weight is 234 g/mol. The van der Waals surface area contributed by atoms with Crippen LogP contribution in [0.25, 0.3) is 0 Å². The molecule has 2 nitrogen and oxygen atoms in total. The van der Waals surface area contributed by atoms with Gasteiger partial charge in [-0.2, -0.15) is 0 Å². The van der Waals surface area contributed by atoms with Gasteiger partial charge in [-0.05, 0) is 37.0 Å². The molecule has 1 heterocycles. The zero-order valence-electron chi connectivity index (χ0n) is 10.8. The van der Waals surface area contributed by atoms with Gasteiger partial charge < -0.3 is 4.74 Å². The Labute approximate surface area is 103 Å². The number of rotatable bonds is 0. The van der Waals surface area contributed by atoms with Gasteiger partial charge in [0.25, 0.3) is 0 Å². The lowest BCUT2D eigenvalue weighted by molar-refractivity contribution is -0.142. The van der Waals surface area contributed by atoms with Gasteiger partial charge in [-0.25, -0.2) is 4.79 Å². The van der Waals surface area contributed by atoms with Crippen LogP contribution in [-0.4, -0.2) is 12.1 Å². The Hall–Kier alpha value is -0.790. The topological polar surface area (TPSA) is 26.3 Å². The molecule has 2 saturated carbocycles. The van der Waals surface area contributed by atoms with Crippen molar-refractivity contribution in [1.82, 2.24) is 0 Å². The predicted octanol–water partition coefficient (Wildman–Crippen LogP) is 3.18. The van der Waals surface area contributed by atoms with Gasteiger partial charge in [-0.3, -0.25) is 0 Å². The summed E-state index contributed by atoms with van der Waals surface area (Å²) >= 11 is 0. The number of hydrogen-bond acceptors (Lipinski definition) is 2. The van der Waals surface area contributed by atoms with Crippen LogP contribution in [0.1, 0.15) is 39.5 Å². The smallest absolute Gasteiger partial charge is 0.334 e. The van der Waals surface area contributed by atoms with Crippen molar-refractivity contribution in [2.45, 2.75) is 45.6 Å². The normalized spacial score (nSPS) is 49.5. The lowest BCUT2D eigenvalue weighted by Gasteiger charge is -2.30. The largest absolute Gasteiger partial charge is 0.458 e. The molecule has 0 aromatic heterocycles. The van der Waals surface area contributed by atoms with Crippen molar-refractivity contribution < 1.29 is 9.53 Å². The summed E-state index contributed by atoms with van der Waals surface area (Å²) in [5.41, 5.74) is 0.738. The fourth-order valence-corrected chi connectivity index (χ4v) is 4.47. The molecule has 3 aliphatic rings. The standard InChI is InChI=1S/C15H22O2/c1-8-4-7-12-10(3)15(16)17-14(12)13-9(2)5-6-11(8)13/h8-9,11-14H,3-7H2,1-2H3/t8-,9+,11-,12+,13+,14+/m1/s1. The zero-order valence-corrected chi connectivity index (χ0v) is 10.8. The minimum Gasteiger partial charge on any atom is -0.458 e. The molecule has 0 aromatic rings. The molecule has 0 aromatic carbocycles. The summed E-state index contributed by atoms with van der Waals surface area (Å²) < 4.78 is 5.65. The van der Waals surface area contributed by atoms with Crippen LogP contribution < -0.4 is 0 Å². The number of carbonyl (C=O) groups is 1. The van der Waals surface area contributed by atoms with Gasteiger partial charge in [0.1, 0.15) is 6.10 Å². The van der Waals surface area contributed by atoms with E-state index in [9.17, 15) is 4.79 Å². The van der Waals surface area contributed by atoms with Gasteiger partial charge in [0.2, 0.25) is 0 Å². The van der Waals surface area contributed by atoms with Gasteiger partial charge >= 0.3 is 5.97 Å². The van der Waals surface area contributed by atoms with Gasteiger partial charge in [0, 0.05) is 17.4 Å². The van der Waals surface area contributed by atoms with Crippen LogP contribution >= 0.6 is 0 Å². The highest BCUT2D eigenvalue weighted by Gasteiger charge is 2.52. The fraction of sp³-hybridized carbons (Fsp3) is 0.800. The van der Waals surface area contributed by atoms with Crippen LogP contribution in [0.5, 0.6) is 0 Å². The van der Waals surface area contributed by atoms with E-state index < -0.39 is 0 Å². The van der Waals surface area contributed by atoms with E-state index in [2.05, 4.69) is 20.4 Å². The molecule has 3 fully saturated rings. The molecular formula is C15H22O2. The highest BCUT2D eigenvalue weighted by atomic mass is 16.6. The Morgan fingerprint density at radius 3 is 2.59 bits per heavy atom. The summed E-state index contributed by atoms with van der Waals surface area (Å²) in [6, 6.07) is 0. The van der Waals surface area contributed by atoms with E-state index in [0.717, 1.165) is 23.8 Å². The quantitative estimate of drug-likeness (QED) is 0.475. The third kappa shape index (κ3) is 1.56. The Morgan fingerprint density at radius 2 is 1.82 bits per heavy atom. The number of hydrogen-bond donors (Lipinski definition) is 0. The average Bonchev–Trinajstić information content (AvgIpc) is 2.75. The molecule has 1 saturated heterocycles. The predicted molar refractivity (Wildman–Crippen MR) is 66.3 cm³/mol. The van der Waals surface area contributed by atoms with Crippen LogP contribution in [0.3, 0.4) is 0 Å². The maximum atomic E-state index is 11.7. The molecule has 0 spiro atoms. The summed E-state index contributed by atoms with van der Waals surface area (Å²) in [6.07, 6.45) is 5.08. The molecule has 1 aliphatic heterocycles. The number of carbonyl (C=O) groups excluding carboxylic acids is 1. The van der Waals surface area contributed by atoms with Crippen molar-refractivity contribution in [3.05, 3.63) is 12.2 Å². The monoisotopic (exact) mass is 234 g/mol. The van der Waals surface area contributed by atoms with Crippen LogP contribution in [0.2, 0.25) is 0 Å². The lowest BCUT2D eigenvalue weighted by atomic mass is 9.78. The minimum absolute atomic E-state index is 0.132. The van der Waals surface area contributed by atoms with Crippen LogP contribution in [0.15, 0.2) is 12.2 Å². The maximum Gasteiger partial charge on any atom is 0.334 e. The molecule has 3 rings (SSSR count). The molecule has 2 heteroatoms. The summed E-state index contributed by atoms with van der Waals surface area (Å²) in [6.45, 7) is 8.66. The van der Waals surface area contributed by atoms with Gasteiger partial charge in [-0.15, -0.1) is 0 Å². The zero-order chi connectivity index (χ0) is 12.2. The molecule has 2 aliphatic carbocycles. The molecule has 0 N–H and O–H groups in total. The van der Waals surface area contributed by atoms with E-state index in [1.807, 2.05) is 0 Å². The Bertz CT molecular complexity index is 360. The SMILES string of the molecule is C=C1C(=O)O[C@@H]2[C@@H]3[C@H](CC[C@@H]3C)[C@H](C)CC[C@@H]12. The molecule has 17 heavy (non-hydrogen) atoms. The first-order valence-corrected chi connectivity index (χ1v) is 6.99. The summed E-state index contributed by atoms with van der Waals surface area (Å²) in [7, 11) is 0. The van der Waals surface area contributed by atoms with E-state index in [0.29, 0.717) is 17.8 Å². The first-order valence-electron chi connectivity index (χ1n) is 6.99. The second-order valence-corrected chi connectivity index (χ2v) is 6.35. The van der Waals surface area contributed by atoms with Crippen LogP contribution in [0, 0.1) is 29.6 Å². The molecular weight excluding hydrogens is 212 g/mol. The molecule has 0 unspecified atom stereocenters. The van der Waals surface area contributed by atoms with E-state index in [-0.39, 0.29) is 12.1 Å². The summed E-state index contributed by atoms with van der Waals surface area (Å²) in [5, 5.41) is 0. The maximum absolute atomic E-state index is 11.7. The minimum atomic E-state index is -0.132. The molecule has 0 amide bonds. The third-order valence-corrected chi connectivity index (χ3v) is 5.50. The second-order valence-electron chi connectivity index (χ2n) is 6.35. The van der Waals surface area contributed by atoms with Crippen LogP contribution in [-0.2, 0) is 9.53 Å². The van der Waals surface area contributed by atoms with E-state index in [1.54, 1.807) is 0 Å². The fourth-order valence-electron chi connectivity index (χ4n) is 4.47. The Kier molecular flexibility index (Phi) is 2.57. The lowest BCUT2D eigenvalue weighted by Crippen LogP contribution is -2.32. The number of esters is 1. The van der Waals surface area contributed by atoms with Crippen molar-refractivity contribution in [2.75, 3.05) is 0 Å². The molecule has 94 valence electrons. The third-order valence-electron chi connectivity index (χ3n) is 5.50. The molecule has 0 bridgehead atoms. The summed E-state index contributed by atoms with van der Waals surface area (Å²) in [4.78, 5) is 11.7. The Balaban J connectivity index is 1.95. The van der Waals surface area contributed by atoms with E-state index in [4.69, 9.17) is 4.74 Å². The van der Waals surface area contributed by atoms with Gasteiger partial charge in [0.05, 0.1) is 0 Å². The van der Waals surface area contributed by atoms with Crippen LogP contribution in [0.4, 0.5) is 0 Å². The van der Waals surface area contributed by atoms with Crippen molar-refractivity contribution >= 4 is 5.97 Å². The van der Waals surface area contributed by atoms with Crippen molar-refractivity contribution in [2.24, 2.45) is 29.6 Å². The Morgan fingerprint density at radius 1 is 1.12 bits per heavy atom. The van der Waals surface area contributed by atoms with Gasteiger partial charge in [0.15, 0.2) is 0 Å². The molecule has 0 radical (unpaired) electrons. The highest BCUT2D eigenvalue weighted by molar-refractivity contribution is 5.90. The van der Waals surface area contributed by atoms with Gasteiger partial charge in [-0.1, -0.05) is 26.8 Å². The van der Waals surface area contributed by atoms with Crippen molar-refractivity contribution in [3.8, 4) is 0 Å². The first kappa shape index (κ1) is 11.3. The first-order chi connectivity index (χ1) is 8.09. The second kappa shape index (κ2) is 3.86. The highest BCUT2D eigenvalue weighted by Crippen LogP contribution is 2.52. The van der Waals surface area contributed by atoms with Crippen molar-refractivity contribution in [1.29, 1.82) is 0 Å².